The highest BCUT2D eigenvalue weighted by atomic mass is 35.5. The van der Waals surface area contributed by atoms with Crippen molar-refractivity contribution < 1.29 is 14.5 Å². The van der Waals surface area contributed by atoms with Crippen molar-refractivity contribution in [3.8, 4) is 0 Å². The molecule has 3 N–H and O–H groups in total. The standard InChI is InChI=1S/C23H17ClN4O4S/c24-17-6-2-5-16(13-17)22(30)25-18-7-3-8-19(14-18)26-23(33)27-21(29)11-10-15-4-1-9-20(12-15)28(31)32/h1-14H,(H,25,30)(H2,26,27,29,33)/b11-10+. The number of nitrogens with zero attached hydrogens (tertiary/aromatic N) is 1. The Morgan fingerprint density at radius 1 is 0.939 bits per heavy atom. The van der Waals surface area contributed by atoms with Gasteiger partial charge >= 0.3 is 0 Å². The number of amides is 2. The summed E-state index contributed by atoms with van der Waals surface area (Å²) in [5.41, 5.74) is 1.91. The highest BCUT2D eigenvalue weighted by Crippen LogP contribution is 2.18. The number of benzene rings is 3. The van der Waals surface area contributed by atoms with Crippen LogP contribution in [0.25, 0.3) is 6.08 Å². The fourth-order valence-corrected chi connectivity index (χ4v) is 3.15. The quantitative estimate of drug-likeness (QED) is 0.197. The number of hydrogen-bond donors (Lipinski definition) is 3. The number of thiocarbonyl (C=S) groups is 1. The topological polar surface area (TPSA) is 113 Å². The number of halogens is 1. The molecule has 3 rings (SSSR count). The lowest BCUT2D eigenvalue weighted by atomic mass is 10.2. The van der Waals surface area contributed by atoms with Crippen molar-refractivity contribution in [3.63, 3.8) is 0 Å². The molecule has 8 nitrogen and oxygen atoms in total. The van der Waals surface area contributed by atoms with Crippen LogP contribution in [0.2, 0.25) is 5.02 Å². The van der Waals surface area contributed by atoms with Crippen LogP contribution in [0.3, 0.4) is 0 Å². The van der Waals surface area contributed by atoms with Gasteiger partial charge in [0.15, 0.2) is 5.11 Å². The summed E-state index contributed by atoms with van der Waals surface area (Å²) in [5.74, 6) is -0.832. The number of nitro groups is 1. The molecular weight excluding hydrogens is 464 g/mol. The molecule has 0 aliphatic heterocycles. The molecule has 2 amide bonds. The smallest absolute Gasteiger partial charge is 0.270 e. The van der Waals surface area contributed by atoms with Crippen LogP contribution < -0.4 is 16.0 Å². The third kappa shape index (κ3) is 7.23. The van der Waals surface area contributed by atoms with Crippen LogP contribution in [-0.4, -0.2) is 21.9 Å². The Morgan fingerprint density at radius 3 is 2.36 bits per heavy atom. The summed E-state index contributed by atoms with van der Waals surface area (Å²) in [7, 11) is 0. The van der Waals surface area contributed by atoms with E-state index in [1.807, 2.05) is 0 Å². The van der Waals surface area contributed by atoms with Crippen molar-refractivity contribution in [2.24, 2.45) is 0 Å². The maximum Gasteiger partial charge on any atom is 0.270 e. The minimum absolute atomic E-state index is 0.0435. The molecule has 3 aromatic carbocycles. The highest BCUT2D eigenvalue weighted by molar-refractivity contribution is 7.80. The maximum absolute atomic E-state index is 12.4. The van der Waals surface area contributed by atoms with Crippen LogP contribution in [-0.2, 0) is 4.79 Å². The lowest BCUT2D eigenvalue weighted by molar-refractivity contribution is -0.384. The number of rotatable bonds is 6. The molecule has 0 aliphatic rings. The molecule has 0 bridgehead atoms. The van der Waals surface area contributed by atoms with Crippen LogP contribution >= 0.6 is 23.8 Å². The first kappa shape index (κ1) is 23.6. The van der Waals surface area contributed by atoms with Gasteiger partial charge in [0.2, 0.25) is 5.91 Å². The third-order valence-corrected chi connectivity index (χ3v) is 4.65. The number of anilines is 2. The highest BCUT2D eigenvalue weighted by Gasteiger charge is 2.08. The SMILES string of the molecule is O=C(/C=C/c1cccc([N+](=O)[O-])c1)NC(=S)Nc1cccc(NC(=O)c2cccc(Cl)c2)c1. The van der Waals surface area contributed by atoms with Gasteiger partial charge in [0.25, 0.3) is 11.6 Å². The van der Waals surface area contributed by atoms with E-state index >= 15 is 0 Å². The first-order chi connectivity index (χ1) is 15.8. The zero-order valence-corrected chi connectivity index (χ0v) is 18.5. The lowest BCUT2D eigenvalue weighted by Crippen LogP contribution is -2.32. The summed E-state index contributed by atoms with van der Waals surface area (Å²) in [5, 5.41) is 19.4. The number of carbonyl (C=O) groups excluding carboxylic acids is 2. The van der Waals surface area contributed by atoms with E-state index in [4.69, 9.17) is 23.8 Å². The molecule has 0 heterocycles. The normalized spacial score (nSPS) is 10.5. The van der Waals surface area contributed by atoms with E-state index < -0.39 is 10.8 Å². The molecule has 166 valence electrons. The minimum Gasteiger partial charge on any atom is -0.332 e. The summed E-state index contributed by atoms with van der Waals surface area (Å²) in [6.45, 7) is 0. The van der Waals surface area contributed by atoms with Gasteiger partial charge in [-0.1, -0.05) is 35.9 Å². The molecular formula is C23H17ClN4O4S. The zero-order valence-electron chi connectivity index (χ0n) is 16.9. The number of non-ortho nitro benzene ring substituents is 1. The van der Waals surface area contributed by atoms with E-state index in [0.717, 1.165) is 0 Å². The largest absolute Gasteiger partial charge is 0.332 e. The van der Waals surface area contributed by atoms with Crippen molar-refractivity contribution in [3.05, 3.63) is 105 Å². The average molecular weight is 481 g/mol. The summed E-state index contributed by atoms with van der Waals surface area (Å²) in [4.78, 5) is 34.8. The third-order valence-electron chi connectivity index (χ3n) is 4.21. The number of nitro benzene ring substituents is 1. The summed E-state index contributed by atoms with van der Waals surface area (Å²) in [6.07, 6.45) is 2.66. The molecule has 0 atom stereocenters. The summed E-state index contributed by atoms with van der Waals surface area (Å²) in [6, 6.07) is 19.2. The van der Waals surface area contributed by atoms with Gasteiger partial charge in [-0.3, -0.25) is 25.0 Å². The van der Waals surface area contributed by atoms with Gasteiger partial charge in [0.1, 0.15) is 0 Å². The second kappa shape index (κ2) is 11.0. The monoisotopic (exact) mass is 480 g/mol. The molecule has 0 aromatic heterocycles. The number of carbonyl (C=O) groups is 2. The van der Waals surface area contributed by atoms with Crippen molar-refractivity contribution in [2.45, 2.75) is 0 Å². The van der Waals surface area contributed by atoms with Crippen molar-refractivity contribution in [1.82, 2.24) is 5.32 Å². The molecule has 0 aliphatic carbocycles. The molecule has 0 fully saturated rings. The Bertz CT molecular complexity index is 1260. The lowest BCUT2D eigenvalue weighted by Gasteiger charge is -2.11. The number of hydrogen-bond acceptors (Lipinski definition) is 5. The van der Waals surface area contributed by atoms with E-state index in [0.29, 0.717) is 27.5 Å². The van der Waals surface area contributed by atoms with E-state index in [1.54, 1.807) is 54.6 Å². The fourth-order valence-electron chi connectivity index (χ4n) is 2.74. The van der Waals surface area contributed by atoms with Crippen molar-refractivity contribution in [2.75, 3.05) is 10.6 Å². The Hall–Kier alpha value is -4.08. The Balaban J connectivity index is 1.57. The van der Waals surface area contributed by atoms with Crippen LogP contribution in [0.4, 0.5) is 17.1 Å². The Kier molecular flexibility index (Phi) is 7.85. The van der Waals surface area contributed by atoms with E-state index in [1.165, 1.54) is 30.4 Å². The van der Waals surface area contributed by atoms with E-state index in [-0.39, 0.29) is 16.7 Å². The Labute approximate surface area is 199 Å². The number of nitrogens with one attached hydrogen (secondary N) is 3. The van der Waals surface area contributed by atoms with Gasteiger partial charge in [-0.05, 0) is 60.3 Å². The zero-order chi connectivity index (χ0) is 23.8. The molecule has 0 radical (unpaired) electrons. The van der Waals surface area contributed by atoms with Crippen LogP contribution in [0.5, 0.6) is 0 Å². The van der Waals surface area contributed by atoms with Gasteiger partial charge in [-0.25, -0.2) is 0 Å². The van der Waals surface area contributed by atoms with Crippen LogP contribution in [0.15, 0.2) is 78.9 Å². The average Bonchev–Trinajstić information content (AvgIpc) is 2.78. The van der Waals surface area contributed by atoms with Gasteiger partial charge in [-0.15, -0.1) is 0 Å². The van der Waals surface area contributed by atoms with Crippen LogP contribution in [0, 0.1) is 10.1 Å². The second-order valence-corrected chi connectivity index (χ2v) is 7.52. The first-order valence-corrected chi connectivity index (χ1v) is 10.3. The predicted octanol–water partition coefficient (Wildman–Crippen LogP) is 5.03. The van der Waals surface area contributed by atoms with E-state index in [2.05, 4.69) is 16.0 Å². The minimum atomic E-state index is -0.512. The molecule has 0 saturated carbocycles. The molecule has 0 spiro atoms. The predicted molar refractivity (Wildman–Crippen MR) is 132 cm³/mol. The maximum atomic E-state index is 12.4. The Morgan fingerprint density at radius 2 is 1.64 bits per heavy atom. The molecule has 0 saturated heterocycles. The molecule has 33 heavy (non-hydrogen) atoms. The first-order valence-electron chi connectivity index (χ1n) is 9.51. The second-order valence-electron chi connectivity index (χ2n) is 6.67. The van der Waals surface area contributed by atoms with Crippen LogP contribution in [0.1, 0.15) is 15.9 Å². The van der Waals surface area contributed by atoms with Gasteiger partial charge in [0, 0.05) is 40.2 Å². The summed E-state index contributed by atoms with van der Waals surface area (Å²) < 4.78 is 0. The molecule has 3 aromatic rings. The fraction of sp³-hybridized carbons (Fsp3) is 0. The van der Waals surface area contributed by atoms with Gasteiger partial charge in [0.05, 0.1) is 4.92 Å². The van der Waals surface area contributed by atoms with Crippen molar-refractivity contribution in [1.29, 1.82) is 0 Å². The van der Waals surface area contributed by atoms with Gasteiger partial charge < -0.3 is 10.6 Å². The van der Waals surface area contributed by atoms with E-state index in [9.17, 15) is 19.7 Å². The van der Waals surface area contributed by atoms with Crippen molar-refractivity contribution >= 4 is 63.9 Å². The van der Waals surface area contributed by atoms with Gasteiger partial charge in [-0.2, -0.15) is 0 Å². The molecule has 0 unspecified atom stereocenters. The molecule has 10 heteroatoms. The summed E-state index contributed by atoms with van der Waals surface area (Å²) >= 11 is 11.1.